The van der Waals surface area contributed by atoms with Crippen molar-refractivity contribution in [3.05, 3.63) is 29.8 Å². The maximum Gasteiger partial charge on any atom is 0.297 e. The van der Waals surface area contributed by atoms with Crippen molar-refractivity contribution in [3.63, 3.8) is 0 Å². The summed E-state index contributed by atoms with van der Waals surface area (Å²) in [5, 5.41) is 0. The molecule has 18 heavy (non-hydrogen) atoms. The van der Waals surface area contributed by atoms with E-state index in [0.717, 1.165) is 37.7 Å². The highest BCUT2D eigenvalue weighted by Crippen LogP contribution is 2.53. The van der Waals surface area contributed by atoms with Crippen LogP contribution in [0.25, 0.3) is 0 Å². The molecule has 2 saturated carbocycles. The van der Waals surface area contributed by atoms with Gasteiger partial charge in [-0.25, -0.2) is 0 Å². The van der Waals surface area contributed by atoms with E-state index in [1.807, 2.05) is 6.92 Å². The van der Waals surface area contributed by atoms with Gasteiger partial charge in [0.15, 0.2) is 0 Å². The fourth-order valence-corrected chi connectivity index (χ4v) is 3.97. The predicted molar refractivity (Wildman–Crippen MR) is 68.8 cm³/mol. The Kier molecular flexibility index (Phi) is 2.75. The van der Waals surface area contributed by atoms with Gasteiger partial charge in [-0.2, -0.15) is 8.42 Å². The summed E-state index contributed by atoms with van der Waals surface area (Å²) >= 11 is 0. The third kappa shape index (κ3) is 2.08. The van der Waals surface area contributed by atoms with Crippen LogP contribution in [0.1, 0.15) is 37.7 Å². The van der Waals surface area contributed by atoms with E-state index in [2.05, 4.69) is 0 Å². The second-order valence-electron chi connectivity index (χ2n) is 5.54. The van der Waals surface area contributed by atoms with Gasteiger partial charge < -0.3 is 0 Å². The molecule has 98 valence electrons. The van der Waals surface area contributed by atoms with Crippen LogP contribution >= 0.6 is 0 Å². The minimum absolute atomic E-state index is 0.278. The summed E-state index contributed by atoms with van der Waals surface area (Å²) in [7, 11) is -3.60. The molecule has 0 spiro atoms. The molecule has 0 heterocycles. The van der Waals surface area contributed by atoms with Gasteiger partial charge in [0.05, 0.1) is 10.5 Å². The average Bonchev–Trinajstić information content (AvgIpc) is 3.08. The first-order valence-corrected chi connectivity index (χ1v) is 7.95. The van der Waals surface area contributed by atoms with Crippen LogP contribution in [0.15, 0.2) is 29.2 Å². The normalized spacial score (nSPS) is 22.5. The van der Waals surface area contributed by atoms with Crippen LogP contribution in [0.3, 0.4) is 0 Å². The fourth-order valence-electron chi connectivity index (χ4n) is 2.67. The van der Waals surface area contributed by atoms with Gasteiger partial charge in [0.25, 0.3) is 10.1 Å². The van der Waals surface area contributed by atoms with Gasteiger partial charge in [-0.05, 0) is 57.1 Å². The van der Waals surface area contributed by atoms with Gasteiger partial charge in [0.2, 0.25) is 0 Å². The fraction of sp³-hybridized carbons (Fsp3) is 0.571. The molecule has 0 radical (unpaired) electrons. The Hall–Kier alpha value is -0.870. The van der Waals surface area contributed by atoms with E-state index in [1.54, 1.807) is 24.3 Å². The number of hydrogen-bond acceptors (Lipinski definition) is 3. The molecule has 0 unspecified atom stereocenters. The van der Waals surface area contributed by atoms with Crippen molar-refractivity contribution in [1.29, 1.82) is 0 Å². The van der Waals surface area contributed by atoms with Crippen molar-refractivity contribution in [3.8, 4) is 0 Å². The zero-order valence-electron chi connectivity index (χ0n) is 10.6. The lowest BCUT2D eigenvalue weighted by Gasteiger charge is -2.41. The molecule has 2 aliphatic carbocycles. The Morgan fingerprint density at radius 2 is 1.78 bits per heavy atom. The molecule has 0 N–H and O–H groups in total. The summed E-state index contributed by atoms with van der Waals surface area (Å²) in [6.45, 7) is 1.94. The topological polar surface area (TPSA) is 43.4 Å². The second-order valence-corrected chi connectivity index (χ2v) is 7.09. The maximum atomic E-state index is 12.3. The molecule has 0 saturated heterocycles. The summed E-state index contributed by atoms with van der Waals surface area (Å²) in [5.41, 5.74) is 0.679. The molecule has 1 aromatic carbocycles. The highest BCUT2D eigenvalue weighted by atomic mass is 32.2. The van der Waals surface area contributed by atoms with E-state index in [0.29, 0.717) is 5.92 Å². The van der Waals surface area contributed by atoms with Crippen LogP contribution in [-0.2, 0) is 14.3 Å². The van der Waals surface area contributed by atoms with Gasteiger partial charge in [-0.3, -0.25) is 4.18 Å². The first-order chi connectivity index (χ1) is 8.52. The van der Waals surface area contributed by atoms with Crippen molar-refractivity contribution in [2.45, 2.75) is 49.5 Å². The van der Waals surface area contributed by atoms with Crippen molar-refractivity contribution < 1.29 is 12.6 Å². The summed E-state index contributed by atoms with van der Waals surface area (Å²) < 4.78 is 30.1. The monoisotopic (exact) mass is 266 g/mol. The van der Waals surface area contributed by atoms with Gasteiger partial charge in [-0.15, -0.1) is 0 Å². The van der Waals surface area contributed by atoms with Gasteiger partial charge >= 0.3 is 0 Å². The van der Waals surface area contributed by atoms with Crippen molar-refractivity contribution in [2.24, 2.45) is 5.92 Å². The lowest BCUT2D eigenvalue weighted by molar-refractivity contribution is -0.0217. The number of rotatable bonds is 4. The van der Waals surface area contributed by atoms with Crippen LogP contribution in [0, 0.1) is 12.8 Å². The molecule has 0 aliphatic heterocycles. The molecular formula is C14H18O3S. The first-order valence-electron chi connectivity index (χ1n) is 6.54. The summed E-state index contributed by atoms with van der Waals surface area (Å²) in [4.78, 5) is 0.278. The molecule has 2 aliphatic rings. The molecule has 0 amide bonds. The highest BCUT2D eigenvalue weighted by molar-refractivity contribution is 7.86. The number of aryl methyl sites for hydroxylation is 1. The molecule has 0 bridgehead atoms. The molecule has 0 atom stereocenters. The minimum atomic E-state index is -3.60. The molecule has 4 heteroatoms. The second kappa shape index (κ2) is 4.07. The lowest BCUT2D eigenvalue weighted by atomic mass is 9.76. The van der Waals surface area contributed by atoms with Crippen LogP contribution < -0.4 is 0 Å². The Morgan fingerprint density at radius 1 is 1.17 bits per heavy atom. The molecule has 3 nitrogen and oxygen atoms in total. The zero-order valence-corrected chi connectivity index (χ0v) is 11.4. The van der Waals surface area contributed by atoms with E-state index < -0.39 is 10.1 Å². The third-order valence-corrected chi connectivity index (χ3v) is 5.51. The van der Waals surface area contributed by atoms with Crippen molar-refractivity contribution in [2.75, 3.05) is 0 Å². The van der Waals surface area contributed by atoms with Crippen molar-refractivity contribution in [1.82, 2.24) is 0 Å². The quantitative estimate of drug-likeness (QED) is 0.787. The maximum absolute atomic E-state index is 12.3. The molecule has 1 aromatic rings. The molecule has 0 aromatic heterocycles. The van der Waals surface area contributed by atoms with Gasteiger partial charge in [0.1, 0.15) is 0 Å². The smallest absolute Gasteiger partial charge is 0.259 e. The number of hydrogen-bond donors (Lipinski definition) is 0. The SMILES string of the molecule is Cc1ccc(S(=O)(=O)OC2(C3CC3)CCC2)cc1. The average molecular weight is 266 g/mol. The summed E-state index contributed by atoms with van der Waals surface area (Å²) in [6.07, 6.45) is 5.10. The lowest BCUT2D eigenvalue weighted by Crippen LogP contribution is -2.44. The summed E-state index contributed by atoms with van der Waals surface area (Å²) in [6, 6.07) is 6.87. The van der Waals surface area contributed by atoms with E-state index in [-0.39, 0.29) is 10.5 Å². The van der Waals surface area contributed by atoms with E-state index >= 15 is 0 Å². The summed E-state index contributed by atoms with van der Waals surface area (Å²) in [5.74, 6) is 0.464. The predicted octanol–water partition coefficient (Wildman–Crippen LogP) is 3.03. The van der Waals surface area contributed by atoms with Crippen LogP contribution in [0.4, 0.5) is 0 Å². The van der Waals surface area contributed by atoms with E-state index in [1.165, 1.54) is 0 Å². The molecule has 3 rings (SSSR count). The van der Waals surface area contributed by atoms with Crippen LogP contribution in [0.2, 0.25) is 0 Å². The van der Waals surface area contributed by atoms with Crippen molar-refractivity contribution >= 4 is 10.1 Å². The highest BCUT2D eigenvalue weighted by Gasteiger charge is 2.53. The van der Waals surface area contributed by atoms with Gasteiger partial charge in [0, 0.05) is 0 Å². The van der Waals surface area contributed by atoms with Gasteiger partial charge in [-0.1, -0.05) is 17.7 Å². The zero-order chi connectivity index (χ0) is 12.8. The molecular weight excluding hydrogens is 248 g/mol. The standard InChI is InChI=1S/C14H18O3S/c1-11-3-7-13(8-4-11)18(15,16)17-14(9-2-10-14)12-5-6-12/h3-4,7-8,12H,2,5-6,9-10H2,1H3. The Bertz CT molecular complexity index is 537. The number of benzene rings is 1. The van der Waals surface area contributed by atoms with Crippen LogP contribution in [-0.4, -0.2) is 14.0 Å². The Balaban J connectivity index is 1.84. The van der Waals surface area contributed by atoms with E-state index in [9.17, 15) is 8.42 Å². The minimum Gasteiger partial charge on any atom is -0.259 e. The largest absolute Gasteiger partial charge is 0.297 e. The van der Waals surface area contributed by atoms with Crippen LogP contribution in [0.5, 0.6) is 0 Å². The van der Waals surface area contributed by atoms with E-state index in [4.69, 9.17) is 4.18 Å². The molecule has 2 fully saturated rings. The third-order valence-electron chi connectivity index (χ3n) is 4.11. The first kappa shape index (κ1) is 12.2. The Labute approximate surface area is 108 Å². The Morgan fingerprint density at radius 3 is 2.22 bits per heavy atom.